The lowest BCUT2D eigenvalue weighted by Gasteiger charge is -2.19. The Labute approximate surface area is 194 Å². The molecule has 0 radical (unpaired) electrons. The highest BCUT2D eigenvalue weighted by Gasteiger charge is 2.15. The standard InChI is InChI=1S/C29H39NS/c1-5-8-9-10-13-24-17-19-31-29(24)26-16-18-30-28(21-26)25-15-14-22(4)27(20-25)23(11-6-2)12-7-3/h14-21,23H,5-13H2,1-4H3. The van der Waals surface area contributed by atoms with Crippen molar-refractivity contribution >= 4 is 11.3 Å². The minimum Gasteiger partial charge on any atom is -0.256 e. The first-order valence-corrected chi connectivity index (χ1v) is 13.2. The lowest BCUT2D eigenvalue weighted by atomic mass is 9.86. The molecule has 3 rings (SSSR count). The molecule has 0 fully saturated rings. The molecule has 0 N–H and O–H groups in total. The topological polar surface area (TPSA) is 12.9 Å². The van der Waals surface area contributed by atoms with E-state index in [9.17, 15) is 0 Å². The summed E-state index contributed by atoms with van der Waals surface area (Å²) in [6.07, 6.45) is 13.4. The van der Waals surface area contributed by atoms with Crippen LogP contribution in [0.4, 0.5) is 0 Å². The van der Waals surface area contributed by atoms with Crippen LogP contribution in [0, 0.1) is 6.92 Å². The molecule has 0 saturated heterocycles. The van der Waals surface area contributed by atoms with Gasteiger partial charge in [-0.1, -0.05) is 65.0 Å². The molecule has 0 aliphatic carbocycles. The second-order valence-electron chi connectivity index (χ2n) is 8.86. The first kappa shape index (κ1) is 23.7. The molecule has 3 aromatic rings. The summed E-state index contributed by atoms with van der Waals surface area (Å²) in [5.74, 6) is 0.658. The number of unbranched alkanes of at least 4 members (excludes halogenated alkanes) is 3. The highest BCUT2D eigenvalue weighted by Crippen LogP contribution is 2.35. The number of aryl methyl sites for hydroxylation is 2. The van der Waals surface area contributed by atoms with Crippen LogP contribution in [-0.4, -0.2) is 4.98 Å². The van der Waals surface area contributed by atoms with E-state index in [1.54, 1.807) is 0 Å². The molecule has 0 spiro atoms. The van der Waals surface area contributed by atoms with Gasteiger partial charge in [-0.3, -0.25) is 4.98 Å². The maximum atomic E-state index is 4.76. The van der Waals surface area contributed by atoms with Gasteiger partial charge in [-0.2, -0.15) is 0 Å². The van der Waals surface area contributed by atoms with Gasteiger partial charge in [0.05, 0.1) is 5.69 Å². The second kappa shape index (κ2) is 12.2. The molecule has 1 nitrogen and oxygen atoms in total. The number of hydrogen-bond acceptors (Lipinski definition) is 2. The van der Waals surface area contributed by atoms with Crippen LogP contribution in [0.15, 0.2) is 48.0 Å². The molecular weight excluding hydrogens is 394 g/mol. The average molecular weight is 434 g/mol. The number of rotatable bonds is 12. The molecule has 0 unspecified atom stereocenters. The molecule has 0 bridgehead atoms. The van der Waals surface area contributed by atoms with Crippen LogP contribution in [0.25, 0.3) is 21.7 Å². The van der Waals surface area contributed by atoms with E-state index in [4.69, 9.17) is 4.98 Å². The third-order valence-corrected chi connectivity index (χ3v) is 7.36. The van der Waals surface area contributed by atoms with E-state index in [2.05, 4.69) is 69.5 Å². The van der Waals surface area contributed by atoms with Gasteiger partial charge in [0.25, 0.3) is 0 Å². The first-order chi connectivity index (χ1) is 15.2. The largest absolute Gasteiger partial charge is 0.256 e. The molecule has 0 atom stereocenters. The zero-order valence-corrected chi connectivity index (χ0v) is 20.7. The quantitative estimate of drug-likeness (QED) is 0.259. The zero-order chi connectivity index (χ0) is 22.1. The SMILES string of the molecule is CCCCCCc1ccsc1-c1ccnc(-c2ccc(C)c(C(CCC)CCC)c2)c1. The van der Waals surface area contributed by atoms with Crippen molar-refractivity contribution in [2.24, 2.45) is 0 Å². The predicted octanol–water partition coefficient (Wildman–Crippen LogP) is 9.59. The van der Waals surface area contributed by atoms with Crippen molar-refractivity contribution in [2.45, 2.75) is 91.4 Å². The van der Waals surface area contributed by atoms with Gasteiger partial charge < -0.3 is 0 Å². The van der Waals surface area contributed by atoms with Gasteiger partial charge in [0.2, 0.25) is 0 Å². The molecule has 1 aromatic carbocycles. The molecule has 2 aromatic heterocycles. The minimum absolute atomic E-state index is 0.658. The smallest absolute Gasteiger partial charge is 0.0708 e. The fourth-order valence-electron chi connectivity index (χ4n) is 4.65. The maximum absolute atomic E-state index is 4.76. The molecule has 0 saturated carbocycles. The predicted molar refractivity (Wildman–Crippen MR) is 138 cm³/mol. The number of pyridine rings is 1. The molecule has 166 valence electrons. The Morgan fingerprint density at radius 3 is 2.39 bits per heavy atom. The minimum atomic E-state index is 0.658. The van der Waals surface area contributed by atoms with Gasteiger partial charge in [0.1, 0.15) is 0 Å². The monoisotopic (exact) mass is 433 g/mol. The molecule has 0 aliphatic heterocycles. The summed E-state index contributed by atoms with van der Waals surface area (Å²) < 4.78 is 0. The Morgan fingerprint density at radius 2 is 1.65 bits per heavy atom. The van der Waals surface area contributed by atoms with Crippen LogP contribution in [0.1, 0.15) is 94.7 Å². The van der Waals surface area contributed by atoms with Crippen molar-refractivity contribution in [3.63, 3.8) is 0 Å². The summed E-state index contributed by atoms with van der Waals surface area (Å²) in [6.45, 7) is 9.14. The molecular formula is C29H39NS. The highest BCUT2D eigenvalue weighted by molar-refractivity contribution is 7.13. The Bertz CT molecular complexity index is 933. The summed E-state index contributed by atoms with van der Waals surface area (Å²) in [6, 6.07) is 13.7. The van der Waals surface area contributed by atoms with Gasteiger partial charge in [0.15, 0.2) is 0 Å². The third-order valence-electron chi connectivity index (χ3n) is 6.36. The van der Waals surface area contributed by atoms with Crippen LogP contribution >= 0.6 is 11.3 Å². The fourth-order valence-corrected chi connectivity index (χ4v) is 5.60. The summed E-state index contributed by atoms with van der Waals surface area (Å²) in [7, 11) is 0. The Hall–Kier alpha value is -1.93. The number of nitrogens with zero attached hydrogens (tertiary/aromatic N) is 1. The second-order valence-corrected chi connectivity index (χ2v) is 9.78. The van der Waals surface area contributed by atoms with Crippen LogP contribution < -0.4 is 0 Å². The van der Waals surface area contributed by atoms with Crippen molar-refractivity contribution in [3.8, 4) is 21.7 Å². The fraction of sp³-hybridized carbons (Fsp3) is 0.483. The molecule has 0 amide bonds. The summed E-state index contributed by atoms with van der Waals surface area (Å²) in [4.78, 5) is 6.18. The van der Waals surface area contributed by atoms with Crippen LogP contribution in [-0.2, 0) is 6.42 Å². The van der Waals surface area contributed by atoms with Gasteiger partial charge >= 0.3 is 0 Å². The normalized spacial score (nSPS) is 11.4. The molecule has 31 heavy (non-hydrogen) atoms. The van der Waals surface area contributed by atoms with Crippen LogP contribution in [0.5, 0.6) is 0 Å². The summed E-state index contributed by atoms with van der Waals surface area (Å²) in [5, 5.41) is 2.24. The molecule has 2 heterocycles. The average Bonchev–Trinajstić information content (AvgIpc) is 3.26. The van der Waals surface area contributed by atoms with E-state index >= 15 is 0 Å². The Morgan fingerprint density at radius 1 is 0.839 bits per heavy atom. The van der Waals surface area contributed by atoms with E-state index in [0.717, 1.165) is 5.69 Å². The van der Waals surface area contributed by atoms with E-state index in [1.807, 2.05) is 17.5 Å². The van der Waals surface area contributed by atoms with E-state index in [1.165, 1.54) is 90.5 Å². The summed E-state index contributed by atoms with van der Waals surface area (Å²) in [5.41, 5.74) is 8.08. The molecule has 2 heteroatoms. The Balaban J connectivity index is 1.87. The highest BCUT2D eigenvalue weighted by atomic mass is 32.1. The van der Waals surface area contributed by atoms with Crippen molar-refractivity contribution < 1.29 is 0 Å². The number of benzene rings is 1. The van der Waals surface area contributed by atoms with Crippen LogP contribution in [0.3, 0.4) is 0 Å². The first-order valence-electron chi connectivity index (χ1n) is 12.3. The van der Waals surface area contributed by atoms with Gasteiger partial charge in [-0.05, 0) is 90.4 Å². The van der Waals surface area contributed by atoms with Crippen molar-refractivity contribution in [1.82, 2.24) is 4.98 Å². The third kappa shape index (κ3) is 6.29. The summed E-state index contributed by atoms with van der Waals surface area (Å²) >= 11 is 1.87. The van der Waals surface area contributed by atoms with Crippen molar-refractivity contribution in [2.75, 3.05) is 0 Å². The lowest BCUT2D eigenvalue weighted by Crippen LogP contribution is -2.01. The van der Waals surface area contributed by atoms with Crippen LogP contribution in [0.2, 0.25) is 0 Å². The Kier molecular flexibility index (Phi) is 9.33. The van der Waals surface area contributed by atoms with Crippen molar-refractivity contribution in [1.29, 1.82) is 0 Å². The number of thiophene rings is 1. The van der Waals surface area contributed by atoms with Gasteiger partial charge in [-0.25, -0.2) is 0 Å². The maximum Gasteiger partial charge on any atom is 0.0708 e. The van der Waals surface area contributed by atoms with E-state index in [-0.39, 0.29) is 0 Å². The van der Waals surface area contributed by atoms with Crippen molar-refractivity contribution in [3.05, 3.63) is 64.7 Å². The molecule has 0 aliphatic rings. The lowest BCUT2D eigenvalue weighted by molar-refractivity contribution is 0.558. The number of aromatic nitrogens is 1. The van der Waals surface area contributed by atoms with E-state index < -0.39 is 0 Å². The van der Waals surface area contributed by atoms with E-state index in [0.29, 0.717) is 5.92 Å². The zero-order valence-electron chi connectivity index (χ0n) is 19.9. The van der Waals surface area contributed by atoms with Gasteiger partial charge in [0, 0.05) is 16.6 Å². The van der Waals surface area contributed by atoms with Gasteiger partial charge in [-0.15, -0.1) is 11.3 Å². The number of hydrogen-bond donors (Lipinski definition) is 0.